The Morgan fingerprint density at radius 2 is 2.18 bits per heavy atom. The van der Waals surface area contributed by atoms with Gasteiger partial charge in [0.2, 0.25) is 0 Å². The fourth-order valence-corrected chi connectivity index (χ4v) is 2.29. The van der Waals surface area contributed by atoms with Crippen LogP contribution in [0.15, 0.2) is 24.3 Å². The molecule has 0 bridgehead atoms. The van der Waals surface area contributed by atoms with Crippen LogP contribution < -0.4 is 4.74 Å². The number of halogens is 1. The van der Waals surface area contributed by atoms with Crippen molar-refractivity contribution in [2.24, 2.45) is 0 Å². The van der Waals surface area contributed by atoms with Crippen LogP contribution in [0, 0.1) is 0 Å². The fourth-order valence-electron chi connectivity index (χ4n) is 1.90. The molecule has 1 fully saturated rings. The second-order valence-corrected chi connectivity index (χ2v) is 4.91. The Hall–Kier alpha value is -1.03. The summed E-state index contributed by atoms with van der Waals surface area (Å²) in [5.41, 5.74) is 0.655. The summed E-state index contributed by atoms with van der Waals surface area (Å²) in [6.07, 6.45) is 2.24. The zero-order chi connectivity index (χ0) is 12.3. The van der Waals surface area contributed by atoms with E-state index >= 15 is 0 Å². The molecule has 1 amide bonds. The summed E-state index contributed by atoms with van der Waals surface area (Å²) in [6.45, 7) is 0.752. The molecule has 17 heavy (non-hydrogen) atoms. The van der Waals surface area contributed by atoms with Crippen molar-refractivity contribution in [1.29, 1.82) is 0 Å². The van der Waals surface area contributed by atoms with E-state index in [9.17, 15) is 4.79 Å². The van der Waals surface area contributed by atoms with Gasteiger partial charge >= 0.3 is 0 Å². The Kier molecular flexibility index (Phi) is 4.05. The molecule has 92 valence electrons. The lowest BCUT2D eigenvalue weighted by molar-refractivity contribution is 0.0751. The van der Waals surface area contributed by atoms with Gasteiger partial charge in [0.05, 0.1) is 12.7 Å². The van der Waals surface area contributed by atoms with Crippen LogP contribution in [0.5, 0.6) is 5.75 Å². The van der Waals surface area contributed by atoms with Gasteiger partial charge in [-0.15, -0.1) is 0 Å². The van der Waals surface area contributed by atoms with Crippen LogP contribution >= 0.6 is 15.9 Å². The van der Waals surface area contributed by atoms with Gasteiger partial charge in [0.1, 0.15) is 5.75 Å². The lowest BCUT2D eigenvalue weighted by Gasteiger charge is -2.22. The van der Waals surface area contributed by atoms with Gasteiger partial charge in [-0.2, -0.15) is 0 Å². The van der Waals surface area contributed by atoms with Crippen molar-refractivity contribution in [3.05, 3.63) is 29.8 Å². The van der Waals surface area contributed by atoms with Crippen molar-refractivity contribution in [3.8, 4) is 5.75 Å². The molecule has 1 saturated carbocycles. The third kappa shape index (κ3) is 2.80. The molecule has 1 aliphatic carbocycles. The topological polar surface area (TPSA) is 29.5 Å². The maximum Gasteiger partial charge on any atom is 0.257 e. The van der Waals surface area contributed by atoms with Crippen LogP contribution in [0.3, 0.4) is 0 Å². The van der Waals surface area contributed by atoms with E-state index < -0.39 is 0 Å². The van der Waals surface area contributed by atoms with Crippen molar-refractivity contribution in [2.45, 2.75) is 18.9 Å². The summed E-state index contributed by atoms with van der Waals surface area (Å²) in [5, 5.41) is 0.810. The summed E-state index contributed by atoms with van der Waals surface area (Å²) >= 11 is 3.40. The zero-order valence-electron chi connectivity index (χ0n) is 9.86. The number of carbonyl (C=O) groups excluding carboxylic acids is 1. The van der Waals surface area contributed by atoms with Crippen molar-refractivity contribution < 1.29 is 9.53 Å². The predicted molar refractivity (Wildman–Crippen MR) is 70.8 cm³/mol. The Morgan fingerprint density at radius 1 is 1.47 bits per heavy atom. The number of amides is 1. The van der Waals surface area contributed by atoms with Gasteiger partial charge in [0.25, 0.3) is 5.91 Å². The summed E-state index contributed by atoms with van der Waals surface area (Å²) in [7, 11) is 1.60. The summed E-state index contributed by atoms with van der Waals surface area (Å²) in [4.78, 5) is 14.4. The molecule has 0 heterocycles. The first-order valence-corrected chi connectivity index (χ1v) is 6.90. The van der Waals surface area contributed by atoms with E-state index in [2.05, 4.69) is 15.9 Å². The number of para-hydroxylation sites is 1. The third-order valence-electron chi connectivity index (χ3n) is 2.91. The van der Waals surface area contributed by atoms with E-state index in [-0.39, 0.29) is 5.91 Å². The van der Waals surface area contributed by atoms with Crippen LogP contribution in [-0.2, 0) is 0 Å². The highest BCUT2D eigenvalue weighted by atomic mass is 79.9. The average Bonchev–Trinajstić information content (AvgIpc) is 3.19. The van der Waals surface area contributed by atoms with Gasteiger partial charge in [-0.05, 0) is 25.0 Å². The van der Waals surface area contributed by atoms with Gasteiger partial charge in [-0.25, -0.2) is 0 Å². The average molecular weight is 298 g/mol. The Bertz CT molecular complexity index is 404. The quantitative estimate of drug-likeness (QED) is 0.782. The second kappa shape index (κ2) is 5.54. The minimum atomic E-state index is 0.0735. The summed E-state index contributed by atoms with van der Waals surface area (Å²) < 4.78 is 5.24. The zero-order valence-corrected chi connectivity index (χ0v) is 11.4. The number of methoxy groups -OCH3 is 1. The van der Waals surface area contributed by atoms with E-state index in [0.29, 0.717) is 17.4 Å². The minimum Gasteiger partial charge on any atom is -0.496 e. The summed E-state index contributed by atoms with van der Waals surface area (Å²) in [6, 6.07) is 7.82. The van der Waals surface area contributed by atoms with Crippen LogP contribution in [-0.4, -0.2) is 35.8 Å². The number of hydrogen-bond donors (Lipinski definition) is 0. The number of benzene rings is 1. The second-order valence-electron chi connectivity index (χ2n) is 4.12. The molecule has 1 aliphatic rings. The third-order valence-corrected chi connectivity index (χ3v) is 3.27. The number of alkyl halides is 1. The molecule has 0 N–H and O–H groups in total. The van der Waals surface area contributed by atoms with E-state index in [1.165, 1.54) is 0 Å². The van der Waals surface area contributed by atoms with Crippen molar-refractivity contribution in [2.75, 3.05) is 19.0 Å². The van der Waals surface area contributed by atoms with Gasteiger partial charge < -0.3 is 9.64 Å². The Morgan fingerprint density at radius 3 is 2.76 bits per heavy atom. The number of hydrogen-bond acceptors (Lipinski definition) is 2. The lowest BCUT2D eigenvalue weighted by atomic mass is 10.1. The molecule has 1 aromatic rings. The van der Waals surface area contributed by atoms with Crippen molar-refractivity contribution in [1.82, 2.24) is 4.90 Å². The van der Waals surface area contributed by atoms with Crippen molar-refractivity contribution >= 4 is 21.8 Å². The van der Waals surface area contributed by atoms with Crippen LogP contribution in [0.4, 0.5) is 0 Å². The van der Waals surface area contributed by atoms with Gasteiger partial charge in [-0.3, -0.25) is 4.79 Å². The Balaban J connectivity index is 2.21. The van der Waals surface area contributed by atoms with Crippen molar-refractivity contribution in [3.63, 3.8) is 0 Å². The molecular formula is C13H16BrNO2. The largest absolute Gasteiger partial charge is 0.496 e. The van der Waals surface area contributed by atoms with Crippen LogP contribution in [0.2, 0.25) is 0 Å². The molecule has 0 radical (unpaired) electrons. The number of ether oxygens (including phenoxy) is 1. The van der Waals surface area contributed by atoms with Gasteiger partial charge in [-0.1, -0.05) is 28.1 Å². The highest BCUT2D eigenvalue weighted by molar-refractivity contribution is 9.09. The first-order valence-electron chi connectivity index (χ1n) is 5.78. The van der Waals surface area contributed by atoms with Gasteiger partial charge in [0.15, 0.2) is 0 Å². The molecule has 0 unspecified atom stereocenters. The predicted octanol–water partition coefficient (Wildman–Crippen LogP) is 2.69. The lowest BCUT2D eigenvalue weighted by Crippen LogP contribution is -2.34. The van der Waals surface area contributed by atoms with E-state index in [4.69, 9.17) is 4.74 Å². The Labute approximate surface area is 110 Å². The number of nitrogens with zero attached hydrogens (tertiary/aromatic N) is 1. The van der Waals surface area contributed by atoms with Crippen LogP contribution in [0.1, 0.15) is 23.2 Å². The molecule has 3 nitrogen and oxygen atoms in total. The highest BCUT2D eigenvalue weighted by Gasteiger charge is 2.33. The fraction of sp³-hybridized carbons (Fsp3) is 0.462. The molecule has 0 aliphatic heterocycles. The molecule has 4 heteroatoms. The smallest absolute Gasteiger partial charge is 0.257 e. The molecule has 2 rings (SSSR count). The maximum atomic E-state index is 12.4. The monoisotopic (exact) mass is 297 g/mol. The SMILES string of the molecule is COc1ccccc1C(=O)N(CCBr)C1CC1. The number of rotatable bonds is 5. The molecule has 0 saturated heterocycles. The number of carbonyl (C=O) groups is 1. The first-order chi connectivity index (χ1) is 8.27. The normalized spacial score (nSPS) is 14.5. The molecular weight excluding hydrogens is 282 g/mol. The molecule has 0 aromatic heterocycles. The molecule has 1 aromatic carbocycles. The van der Waals surface area contributed by atoms with Gasteiger partial charge in [0, 0.05) is 17.9 Å². The van der Waals surface area contributed by atoms with E-state index in [1.54, 1.807) is 7.11 Å². The standard InChI is InChI=1S/C13H16BrNO2/c1-17-12-5-3-2-4-11(12)13(16)15(9-8-14)10-6-7-10/h2-5,10H,6-9H2,1H3. The highest BCUT2D eigenvalue weighted by Crippen LogP contribution is 2.30. The molecule has 0 spiro atoms. The molecule has 0 atom stereocenters. The van der Waals surface area contributed by atoms with E-state index in [1.807, 2.05) is 29.2 Å². The van der Waals surface area contributed by atoms with Crippen LogP contribution in [0.25, 0.3) is 0 Å². The maximum absolute atomic E-state index is 12.4. The minimum absolute atomic E-state index is 0.0735. The first kappa shape index (κ1) is 12.4. The summed E-state index contributed by atoms with van der Waals surface area (Å²) in [5.74, 6) is 0.724. The van der Waals surface area contributed by atoms with E-state index in [0.717, 1.165) is 24.7 Å².